The molecule has 25 heavy (non-hydrogen) atoms. The zero-order valence-corrected chi connectivity index (χ0v) is 14.4. The Balaban J connectivity index is 1.59. The fraction of sp³-hybridized carbons (Fsp3) is 0.500. The predicted molar refractivity (Wildman–Crippen MR) is 94.2 cm³/mol. The van der Waals surface area contributed by atoms with Crippen molar-refractivity contribution in [3.05, 3.63) is 55.1 Å². The van der Waals surface area contributed by atoms with Gasteiger partial charge in [-0.3, -0.25) is 24.0 Å². The van der Waals surface area contributed by atoms with Gasteiger partial charge < -0.3 is 4.90 Å². The zero-order chi connectivity index (χ0) is 18.0. The first-order chi connectivity index (χ1) is 11.9. The minimum absolute atomic E-state index is 0.0954. The molecule has 2 aromatic rings. The minimum Gasteiger partial charge on any atom is -0.355 e. The normalized spacial score (nSPS) is 15.5. The van der Waals surface area contributed by atoms with E-state index in [0.717, 1.165) is 29.9 Å². The van der Waals surface area contributed by atoms with Crippen molar-refractivity contribution in [1.82, 2.24) is 24.2 Å². The van der Waals surface area contributed by atoms with E-state index in [0.29, 0.717) is 25.5 Å². The van der Waals surface area contributed by atoms with Gasteiger partial charge in [0.2, 0.25) is 0 Å². The van der Waals surface area contributed by atoms with Gasteiger partial charge in [-0.05, 0) is 13.0 Å². The molecule has 0 atom stereocenters. The van der Waals surface area contributed by atoms with Crippen LogP contribution in [0.1, 0.15) is 5.69 Å². The van der Waals surface area contributed by atoms with Crippen LogP contribution in [0.3, 0.4) is 0 Å². The number of rotatable bonds is 4. The van der Waals surface area contributed by atoms with Gasteiger partial charge in [-0.25, -0.2) is 9.48 Å². The van der Waals surface area contributed by atoms with E-state index in [1.54, 1.807) is 6.07 Å². The molecule has 134 valence electrons. The van der Waals surface area contributed by atoms with E-state index in [2.05, 4.69) is 15.0 Å². The molecule has 1 fully saturated rings. The smallest absolute Gasteiger partial charge is 0.329 e. The van der Waals surface area contributed by atoms with Crippen LogP contribution in [0.5, 0.6) is 0 Å². The number of aryl methyl sites for hydroxylation is 1. The fourth-order valence-corrected chi connectivity index (χ4v) is 2.87. The molecule has 0 radical (unpaired) electrons. The number of aromatic nitrogens is 4. The maximum absolute atomic E-state index is 11.8. The van der Waals surface area contributed by atoms with Crippen molar-refractivity contribution in [2.24, 2.45) is 7.05 Å². The summed E-state index contributed by atoms with van der Waals surface area (Å²) < 4.78 is 2.53. The number of H-pyrrole nitrogens is 1. The molecule has 1 N–H and O–H groups in total. The van der Waals surface area contributed by atoms with E-state index in [9.17, 15) is 14.4 Å². The number of piperazine rings is 1. The molecular formula is C16H22N6O3. The van der Waals surface area contributed by atoms with Gasteiger partial charge in [-0.15, -0.1) is 0 Å². The highest BCUT2D eigenvalue weighted by molar-refractivity contribution is 5.37. The Morgan fingerprint density at radius 2 is 1.76 bits per heavy atom. The van der Waals surface area contributed by atoms with Crippen LogP contribution < -0.4 is 21.7 Å². The van der Waals surface area contributed by atoms with Crippen LogP contribution in [-0.2, 0) is 13.6 Å². The summed E-state index contributed by atoms with van der Waals surface area (Å²) in [5.41, 5.74) is 0.00174. The lowest BCUT2D eigenvalue weighted by Gasteiger charge is -2.35. The van der Waals surface area contributed by atoms with Crippen LogP contribution in [0.25, 0.3) is 0 Å². The Bertz CT molecular complexity index is 889. The van der Waals surface area contributed by atoms with Gasteiger partial charge in [0.1, 0.15) is 5.82 Å². The lowest BCUT2D eigenvalue weighted by molar-refractivity contribution is 0.242. The first-order valence-corrected chi connectivity index (χ1v) is 8.26. The zero-order valence-electron chi connectivity index (χ0n) is 14.4. The van der Waals surface area contributed by atoms with E-state index in [4.69, 9.17) is 0 Å². The van der Waals surface area contributed by atoms with Gasteiger partial charge in [0.05, 0.1) is 12.2 Å². The number of hydrogen-bond donors (Lipinski definition) is 1. The van der Waals surface area contributed by atoms with Crippen molar-refractivity contribution in [3.63, 3.8) is 0 Å². The Morgan fingerprint density at radius 1 is 1.04 bits per heavy atom. The molecule has 9 nitrogen and oxygen atoms in total. The van der Waals surface area contributed by atoms with Crippen LogP contribution in [0, 0.1) is 6.92 Å². The molecule has 1 aliphatic heterocycles. The van der Waals surface area contributed by atoms with E-state index >= 15 is 0 Å². The van der Waals surface area contributed by atoms with Gasteiger partial charge >= 0.3 is 5.69 Å². The highest BCUT2D eigenvalue weighted by Crippen LogP contribution is 2.09. The molecule has 0 aromatic carbocycles. The van der Waals surface area contributed by atoms with Crippen molar-refractivity contribution in [2.75, 3.05) is 37.6 Å². The van der Waals surface area contributed by atoms with Crippen molar-refractivity contribution in [1.29, 1.82) is 0 Å². The van der Waals surface area contributed by atoms with Gasteiger partial charge in [-0.1, -0.05) is 0 Å². The summed E-state index contributed by atoms with van der Waals surface area (Å²) in [5, 5.41) is 4.24. The summed E-state index contributed by atoms with van der Waals surface area (Å²) in [6.45, 7) is 6.13. The lowest BCUT2D eigenvalue weighted by Crippen LogP contribution is -2.49. The number of nitrogens with one attached hydrogen (secondary N) is 1. The van der Waals surface area contributed by atoms with E-state index in [1.807, 2.05) is 11.8 Å². The first kappa shape index (κ1) is 17.2. The maximum Gasteiger partial charge on any atom is 0.329 e. The van der Waals surface area contributed by atoms with Crippen LogP contribution in [-0.4, -0.2) is 57.0 Å². The second kappa shape index (κ2) is 7.06. The molecule has 3 rings (SSSR count). The molecule has 0 spiro atoms. The van der Waals surface area contributed by atoms with E-state index < -0.39 is 5.69 Å². The van der Waals surface area contributed by atoms with Crippen LogP contribution in [0.2, 0.25) is 0 Å². The first-order valence-electron chi connectivity index (χ1n) is 8.26. The van der Waals surface area contributed by atoms with Gasteiger partial charge in [0, 0.05) is 51.9 Å². The maximum atomic E-state index is 11.8. The monoisotopic (exact) mass is 346 g/mol. The Morgan fingerprint density at radius 3 is 2.44 bits per heavy atom. The third-order valence-electron chi connectivity index (χ3n) is 4.47. The second-order valence-electron chi connectivity index (χ2n) is 6.22. The van der Waals surface area contributed by atoms with Crippen molar-refractivity contribution in [2.45, 2.75) is 13.5 Å². The summed E-state index contributed by atoms with van der Waals surface area (Å²) in [7, 11) is 1.45. The van der Waals surface area contributed by atoms with E-state index in [-0.39, 0.29) is 11.1 Å². The average molecular weight is 346 g/mol. The van der Waals surface area contributed by atoms with Gasteiger partial charge in [-0.2, -0.15) is 5.10 Å². The molecule has 1 saturated heterocycles. The molecule has 0 amide bonds. The lowest BCUT2D eigenvalue weighted by atomic mass is 10.3. The summed E-state index contributed by atoms with van der Waals surface area (Å²) in [6.07, 6.45) is 0. The predicted octanol–water partition coefficient (Wildman–Crippen LogP) is -1.24. The number of hydrogen-bond acceptors (Lipinski definition) is 6. The minimum atomic E-state index is -0.408. The molecule has 9 heteroatoms. The molecule has 0 unspecified atom stereocenters. The number of aromatic amines is 1. The third-order valence-corrected chi connectivity index (χ3v) is 4.47. The Kier molecular flexibility index (Phi) is 4.84. The molecule has 2 aromatic heterocycles. The molecule has 3 heterocycles. The highest BCUT2D eigenvalue weighted by Gasteiger charge is 2.18. The standard InChI is InChI=1S/C16H22N6O3/c1-12-3-4-14(23)22(18-12)10-7-20-5-8-21(9-6-20)13-11-15(24)19(2)16(25)17-13/h3-4,11H,5-10H2,1-2H3,(H,17,25). The van der Waals surface area contributed by atoms with Crippen molar-refractivity contribution >= 4 is 5.82 Å². The largest absolute Gasteiger partial charge is 0.355 e. The topological polar surface area (TPSA) is 96.2 Å². The van der Waals surface area contributed by atoms with Crippen molar-refractivity contribution < 1.29 is 0 Å². The average Bonchev–Trinajstić information content (AvgIpc) is 2.60. The van der Waals surface area contributed by atoms with E-state index in [1.165, 1.54) is 23.9 Å². The molecule has 0 bridgehead atoms. The van der Waals surface area contributed by atoms with Crippen molar-refractivity contribution in [3.8, 4) is 0 Å². The van der Waals surface area contributed by atoms with Crippen LogP contribution in [0.4, 0.5) is 5.82 Å². The van der Waals surface area contributed by atoms with Crippen LogP contribution >= 0.6 is 0 Å². The summed E-state index contributed by atoms with van der Waals surface area (Å²) in [5.74, 6) is 0.560. The van der Waals surface area contributed by atoms with Crippen LogP contribution in [0.15, 0.2) is 32.6 Å². The Hall–Kier alpha value is -2.68. The fourth-order valence-electron chi connectivity index (χ4n) is 2.87. The third kappa shape index (κ3) is 3.87. The van der Waals surface area contributed by atoms with Gasteiger partial charge in [0.25, 0.3) is 11.1 Å². The quantitative estimate of drug-likeness (QED) is 0.744. The molecular weight excluding hydrogens is 324 g/mol. The SMILES string of the molecule is Cc1ccc(=O)n(CCN2CCN(c3cc(=O)n(C)c(=O)[nH]3)CC2)n1. The number of anilines is 1. The molecule has 1 aliphatic rings. The summed E-state index contributed by atoms with van der Waals surface area (Å²) >= 11 is 0. The summed E-state index contributed by atoms with van der Waals surface area (Å²) in [6, 6.07) is 4.70. The van der Waals surface area contributed by atoms with Gasteiger partial charge in [0.15, 0.2) is 0 Å². The Labute approximate surface area is 144 Å². The molecule has 0 aliphatic carbocycles. The molecule has 0 saturated carbocycles. The second-order valence-corrected chi connectivity index (χ2v) is 6.22. The summed E-state index contributed by atoms with van der Waals surface area (Å²) in [4.78, 5) is 42.2. The number of nitrogens with zero attached hydrogens (tertiary/aromatic N) is 5. The highest BCUT2D eigenvalue weighted by atomic mass is 16.2.